The number of carbonyl (C=O) groups excluding carboxylic acids is 1. The minimum Gasteiger partial charge on any atom is -0.354 e. The molecule has 0 N–H and O–H groups in total. The minimum absolute atomic E-state index is 0.00992. The molecular weight excluding hydrogens is 350 g/mol. The van der Waals surface area contributed by atoms with Crippen LogP contribution in [-0.4, -0.2) is 39.1 Å². The van der Waals surface area contributed by atoms with Crippen molar-refractivity contribution in [3.63, 3.8) is 0 Å². The third-order valence-corrected chi connectivity index (χ3v) is 5.95. The minimum atomic E-state index is -0.00992. The van der Waals surface area contributed by atoms with Gasteiger partial charge in [-0.3, -0.25) is 9.78 Å². The van der Waals surface area contributed by atoms with E-state index in [0.29, 0.717) is 24.7 Å². The molecule has 0 aliphatic carbocycles. The lowest BCUT2D eigenvalue weighted by atomic mass is 10.1. The molecule has 2 aromatic rings. The second kappa shape index (κ2) is 6.50. The Bertz CT molecular complexity index is 867. The summed E-state index contributed by atoms with van der Waals surface area (Å²) < 4.78 is 0. The predicted molar refractivity (Wildman–Crippen MR) is 100 cm³/mol. The third kappa shape index (κ3) is 2.92. The lowest BCUT2D eigenvalue weighted by Crippen LogP contribution is -2.34. The number of carbonyl (C=O) groups is 1. The van der Waals surface area contributed by atoms with Gasteiger partial charge in [-0.1, -0.05) is 11.6 Å². The Kier molecular flexibility index (Phi) is 4.31. The first kappa shape index (κ1) is 17.2. The van der Waals surface area contributed by atoms with Gasteiger partial charge >= 0.3 is 0 Å². The predicted octanol–water partition coefficient (Wildman–Crippen LogP) is 2.82. The highest BCUT2D eigenvalue weighted by molar-refractivity contribution is 6.32. The number of hydrogen-bond acceptors (Lipinski definition) is 5. The van der Waals surface area contributed by atoms with Crippen LogP contribution in [0, 0.1) is 26.7 Å². The highest BCUT2D eigenvalue weighted by Gasteiger charge is 2.35. The summed E-state index contributed by atoms with van der Waals surface area (Å²) in [5.41, 5.74) is 4.87. The molecule has 1 amide bonds. The van der Waals surface area contributed by atoms with Gasteiger partial charge in [-0.2, -0.15) is 5.10 Å². The van der Waals surface area contributed by atoms with Crippen LogP contribution in [0.3, 0.4) is 0 Å². The number of fused-ring (bicyclic) bond motifs is 1. The van der Waals surface area contributed by atoms with Crippen molar-refractivity contribution in [2.75, 3.05) is 18.0 Å². The third-order valence-electron chi connectivity index (χ3n) is 5.40. The monoisotopic (exact) mass is 371 g/mol. The zero-order valence-electron chi connectivity index (χ0n) is 15.3. The van der Waals surface area contributed by atoms with Crippen LogP contribution < -0.4 is 4.90 Å². The van der Waals surface area contributed by atoms with E-state index >= 15 is 0 Å². The van der Waals surface area contributed by atoms with Crippen molar-refractivity contribution in [3.05, 3.63) is 45.4 Å². The normalized spacial score (nSPS) is 19.2. The van der Waals surface area contributed by atoms with Gasteiger partial charge in [-0.05, 0) is 50.5 Å². The van der Waals surface area contributed by atoms with Crippen LogP contribution in [0.25, 0.3) is 0 Å². The Balaban J connectivity index is 1.46. The highest BCUT2D eigenvalue weighted by Crippen LogP contribution is 2.32. The van der Waals surface area contributed by atoms with Crippen LogP contribution in [0.4, 0.5) is 5.82 Å². The van der Waals surface area contributed by atoms with E-state index in [-0.39, 0.29) is 11.8 Å². The first-order valence-corrected chi connectivity index (χ1v) is 9.30. The summed E-state index contributed by atoms with van der Waals surface area (Å²) in [7, 11) is 0. The fourth-order valence-electron chi connectivity index (χ4n) is 3.85. The summed E-state index contributed by atoms with van der Waals surface area (Å²) in [6.45, 7) is 8.55. The Morgan fingerprint density at radius 1 is 1.19 bits per heavy atom. The molecule has 1 saturated heterocycles. The van der Waals surface area contributed by atoms with Crippen LogP contribution in [0.15, 0.2) is 12.1 Å². The van der Waals surface area contributed by atoms with Crippen LogP contribution >= 0.6 is 11.6 Å². The van der Waals surface area contributed by atoms with E-state index in [4.69, 9.17) is 11.6 Å². The fraction of sp³-hybridized carbons (Fsp3) is 0.474. The molecule has 0 aromatic carbocycles. The molecule has 2 aromatic heterocycles. The van der Waals surface area contributed by atoms with Gasteiger partial charge in [0.15, 0.2) is 5.82 Å². The molecule has 136 valence electrons. The van der Waals surface area contributed by atoms with Crippen molar-refractivity contribution < 1.29 is 4.79 Å². The summed E-state index contributed by atoms with van der Waals surface area (Å²) in [5.74, 6) is 1.03. The van der Waals surface area contributed by atoms with Gasteiger partial charge in [-0.15, -0.1) is 5.10 Å². The SMILES string of the molecule is Cc1ccc(N2CCC(C(=O)N3Cc4nc(C)c(Cl)c(C)c4C3)C2)nn1. The van der Waals surface area contributed by atoms with Gasteiger partial charge in [0.05, 0.1) is 34.6 Å². The van der Waals surface area contributed by atoms with Crippen LogP contribution in [0.5, 0.6) is 0 Å². The second-order valence-electron chi connectivity index (χ2n) is 7.22. The Morgan fingerprint density at radius 3 is 2.73 bits per heavy atom. The summed E-state index contributed by atoms with van der Waals surface area (Å²) >= 11 is 6.33. The number of amides is 1. The summed E-state index contributed by atoms with van der Waals surface area (Å²) in [4.78, 5) is 21.7. The number of aryl methyl sites for hydroxylation is 2. The standard InChI is InChI=1S/C19H22ClN5O/c1-11-4-5-17(23-22-11)24-7-6-14(8-24)19(26)25-9-15-12(2)18(20)13(3)21-16(15)10-25/h4-5,14H,6-10H2,1-3H3. The van der Waals surface area contributed by atoms with Gasteiger partial charge in [0, 0.05) is 19.6 Å². The number of rotatable bonds is 2. The lowest BCUT2D eigenvalue weighted by Gasteiger charge is -2.21. The number of anilines is 1. The van der Waals surface area contributed by atoms with Crippen molar-refractivity contribution in [2.45, 2.75) is 40.3 Å². The van der Waals surface area contributed by atoms with Crippen molar-refractivity contribution >= 4 is 23.3 Å². The first-order chi connectivity index (χ1) is 12.4. The number of nitrogens with zero attached hydrogens (tertiary/aromatic N) is 5. The van der Waals surface area contributed by atoms with Crippen molar-refractivity contribution in [1.29, 1.82) is 0 Å². The first-order valence-electron chi connectivity index (χ1n) is 8.92. The summed E-state index contributed by atoms with van der Waals surface area (Å²) in [5, 5.41) is 9.07. The van der Waals surface area contributed by atoms with Crippen LogP contribution in [0.1, 0.15) is 34.6 Å². The van der Waals surface area contributed by atoms with Crippen molar-refractivity contribution in [1.82, 2.24) is 20.1 Å². The summed E-state index contributed by atoms with van der Waals surface area (Å²) in [6.07, 6.45) is 0.841. The van der Waals surface area contributed by atoms with E-state index in [1.807, 2.05) is 37.8 Å². The molecule has 4 rings (SSSR count). The van der Waals surface area contributed by atoms with Crippen LogP contribution in [0.2, 0.25) is 5.02 Å². The molecule has 6 nitrogen and oxygen atoms in total. The smallest absolute Gasteiger partial charge is 0.228 e. The number of halogens is 1. The second-order valence-corrected chi connectivity index (χ2v) is 7.60. The molecule has 1 unspecified atom stereocenters. The highest BCUT2D eigenvalue weighted by atomic mass is 35.5. The lowest BCUT2D eigenvalue weighted by molar-refractivity contribution is -0.135. The maximum absolute atomic E-state index is 13.0. The quantitative estimate of drug-likeness (QED) is 0.812. The number of pyridine rings is 1. The molecule has 0 spiro atoms. The molecular formula is C19H22ClN5O. The maximum atomic E-state index is 13.0. The van der Waals surface area contributed by atoms with Gasteiger partial charge in [-0.25, -0.2) is 0 Å². The van der Waals surface area contributed by atoms with Crippen molar-refractivity contribution in [3.8, 4) is 0 Å². The van der Waals surface area contributed by atoms with Crippen molar-refractivity contribution in [2.24, 2.45) is 5.92 Å². The molecule has 0 saturated carbocycles. The number of hydrogen-bond donors (Lipinski definition) is 0. The average molecular weight is 372 g/mol. The molecule has 2 aliphatic rings. The molecule has 7 heteroatoms. The van der Waals surface area contributed by atoms with Crippen LogP contribution in [-0.2, 0) is 17.9 Å². The zero-order valence-corrected chi connectivity index (χ0v) is 16.0. The average Bonchev–Trinajstić information content (AvgIpc) is 3.27. The Labute approximate surface area is 158 Å². The molecule has 1 fully saturated rings. The topological polar surface area (TPSA) is 62.2 Å². The van der Waals surface area contributed by atoms with Gasteiger partial charge in [0.2, 0.25) is 5.91 Å². The number of aromatic nitrogens is 3. The fourth-order valence-corrected chi connectivity index (χ4v) is 4.01. The Morgan fingerprint density at radius 2 is 2.00 bits per heavy atom. The van der Waals surface area contributed by atoms with E-state index in [1.54, 1.807) is 0 Å². The maximum Gasteiger partial charge on any atom is 0.228 e. The summed E-state index contributed by atoms with van der Waals surface area (Å²) in [6, 6.07) is 3.92. The van der Waals surface area contributed by atoms with Gasteiger partial charge < -0.3 is 9.80 Å². The Hall–Kier alpha value is -2.21. The largest absolute Gasteiger partial charge is 0.354 e. The van der Waals surface area contributed by atoms with E-state index in [9.17, 15) is 4.79 Å². The molecule has 2 aliphatic heterocycles. The molecule has 26 heavy (non-hydrogen) atoms. The van der Waals surface area contributed by atoms with E-state index in [0.717, 1.165) is 47.0 Å². The van der Waals surface area contributed by atoms with Gasteiger partial charge in [0.25, 0.3) is 0 Å². The zero-order chi connectivity index (χ0) is 18.4. The van der Waals surface area contributed by atoms with E-state index in [2.05, 4.69) is 20.1 Å². The molecule has 1 atom stereocenters. The molecule has 0 radical (unpaired) electrons. The molecule has 4 heterocycles. The molecule has 0 bridgehead atoms. The van der Waals surface area contributed by atoms with Gasteiger partial charge in [0.1, 0.15) is 0 Å². The van der Waals surface area contributed by atoms with E-state index < -0.39 is 0 Å². The van der Waals surface area contributed by atoms with E-state index in [1.165, 1.54) is 0 Å².